The SMILES string of the molecule is CC(C)CC(=O)NC(C(=O)N(C)Cc1nc2ccsc2c(=O)[nH]1)c1ccccc1. The lowest BCUT2D eigenvalue weighted by molar-refractivity contribution is -0.136. The minimum Gasteiger partial charge on any atom is -0.341 e. The van der Waals surface area contributed by atoms with E-state index in [-0.39, 0.29) is 29.8 Å². The summed E-state index contributed by atoms with van der Waals surface area (Å²) in [6, 6.07) is 10.1. The quantitative estimate of drug-likeness (QED) is 0.624. The predicted molar refractivity (Wildman–Crippen MR) is 113 cm³/mol. The number of benzene rings is 1. The van der Waals surface area contributed by atoms with Gasteiger partial charge in [0.25, 0.3) is 5.56 Å². The number of nitrogens with zero attached hydrogens (tertiary/aromatic N) is 2. The van der Waals surface area contributed by atoms with E-state index < -0.39 is 6.04 Å². The number of aromatic nitrogens is 2. The number of aromatic amines is 1. The highest BCUT2D eigenvalue weighted by atomic mass is 32.1. The topological polar surface area (TPSA) is 95.2 Å². The number of rotatable bonds is 7. The molecule has 0 aliphatic carbocycles. The van der Waals surface area contributed by atoms with Crippen LogP contribution < -0.4 is 10.9 Å². The molecular weight excluding hydrogens is 388 g/mol. The van der Waals surface area contributed by atoms with Crippen LogP contribution in [0.25, 0.3) is 10.2 Å². The molecule has 0 radical (unpaired) electrons. The van der Waals surface area contributed by atoms with Gasteiger partial charge >= 0.3 is 0 Å². The summed E-state index contributed by atoms with van der Waals surface area (Å²) in [6.45, 7) is 4.03. The fourth-order valence-corrected chi connectivity index (χ4v) is 3.77. The summed E-state index contributed by atoms with van der Waals surface area (Å²) < 4.78 is 0.561. The third-order valence-electron chi connectivity index (χ3n) is 4.41. The lowest BCUT2D eigenvalue weighted by Gasteiger charge is -2.25. The molecular formula is C21H24N4O3S. The molecule has 0 aliphatic rings. The third kappa shape index (κ3) is 5.08. The molecule has 29 heavy (non-hydrogen) atoms. The maximum Gasteiger partial charge on any atom is 0.268 e. The van der Waals surface area contributed by atoms with E-state index in [1.165, 1.54) is 16.2 Å². The molecule has 3 rings (SSSR count). The average molecular weight is 413 g/mol. The molecule has 1 aromatic carbocycles. The Morgan fingerprint density at radius 1 is 1.21 bits per heavy atom. The van der Waals surface area contributed by atoms with Gasteiger partial charge in [0.05, 0.1) is 12.1 Å². The van der Waals surface area contributed by atoms with Gasteiger partial charge in [-0.25, -0.2) is 4.98 Å². The number of likely N-dealkylation sites (N-methyl/N-ethyl adjacent to an activating group) is 1. The zero-order valence-corrected chi connectivity index (χ0v) is 17.5. The molecule has 0 saturated heterocycles. The fraction of sp³-hybridized carbons (Fsp3) is 0.333. The first-order chi connectivity index (χ1) is 13.8. The van der Waals surface area contributed by atoms with Gasteiger partial charge < -0.3 is 15.2 Å². The van der Waals surface area contributed by atoms with Crippen molar-refractivity contribution in [2.24, 2.45) is 5.92 Å². The van der Waals surface area contributed by atoms with E-state index in [1.54, 1.807) is 18.5 Å². The highest BCUT2D eigenvalue weighted by molar-refractivity contribution is 7.17. The number of carbonyl (C=O) groups is 2. The molecule has 152 valence electrons. The van der Waals surface area contributed by atoms with E-state index in [2.05, 4.69) is 15.3 Å². The van der Waals surface area contributed by atoms with Crippen LogP contribution in [0.4, 0.5) is 0 Å². The van der Waals surface area contributed by atoms with Crippen molar-refractivity contribution in [3.05, 3.63) is 63.5 Å². The second-order valence-electron chi connectivity index (χ2n) is 7.35. The summed E-state index contributed by atoms with van der Waals surface area (Å²) in [7, 11) is 1.63. The number of thiophene rings is 1. The standard InChI is InChI=1S/C21H24N4O3S/c1-13(2)11-17(26)24-18(14-7-5-4-6-8-14)21(28)25(3)12-16-22-15-9-10-29-19(15)20(27)23-16/h4-10,13,18H,11-12H2,1-3H3,(H,24,26)(H,22,23,27). The minimum atomic E-state index is -0.802. The summed E-state index contributed by atoms with van der Waals surface area (Å²) in [4.78, 5) is 46.3. The lowest BCUT2D eigenvalue weighted by atomic mass is 10.0. The summed E-state index contributed by atoms with van der Waals surface area (Å²) in [5.74, 6) is 0.131. The number of hydrogen-bond acceptors (Lipinski definition) is 5. The summed E-state index contributed by atoms with van der Waals surface area (Å²) in [6.07, 6.45) is 0.337. The smallest absolute Gasteiger partial charge is 0.268 e. The zero-order valence-electron chi connectivity index (χ0n) is 16.6. The van der Waals surface area contributed by atoms with Crippen LogP contribution in [0.5, 0.6) is 0 Å². The number of nitrogens with one attached hydrogen (secondary N) is 2. The number of H-pyrrole nitrogens is 1. The number of hydrogen-bond donors (Lipinski definition) is 2. The Bertz CT molecular complexity index is 1060. The van der Waals surface area contributed by atoms with Crippen molar-refractivity contribution < 1.29 is 9.59 Å². The summed E-state index contributed by atoms with van der Waals surface area (Å²) >= 11 is 1.33. The molecule has 8 heteroatoms. The maximum absolute atomic E-state index is 13.2. The fourth-order valence-electron chi connectivity index (χ4n) is 3.04. The van der Waals surface area contributed by atoms with Gasteiger partial charge in [-0.1, -0.05) is 44.2 Å². The Kier molecular flexibility index (Phi) is 6.43. The lowest BCUT2D eigenvalue weighted by Crippen LogP contribution is -2.41. The van der Waals surface area contributed by atoms with Crippen molar-refractivity contribution >= 4 is 33.4 Å². The predicted octanol–water partition coefficient (Wildman–Crippen LogP) is 2.85. The van der Waals surface area contributed by atoms with Crippen molar-refractivity contribution in [3.63, 3.8) is 0 Å². The number of amides is 2. The van der Waals surface area contributed by atoms with E-state index in [0.29, 0.717) is 28.0 Å². The van der Waals surface area contributed by atoms with Crippen LogP contribution in [0.2, 0.25) is 0 Å². The molecule has 2 amide bonds. The molecule has 0 bridgehead atoms. The van der Waals surface area contributed by atoms with Gasteiger partial charge in [0.1, 0.15) is 16.6 Å². The zero-order chi connectivity index (χ0) is 21.0. The highest BCUT2D eigenvalue weighted by Gasteiger charge is 2.26. The molecule has 0 spiro atoms. The molecule has 0 fully saturated rings. The van der Waals surface area contributed by atoms with Crippen molar-refractivity contribution in [1.82, 2.24) is 20.2 Å². The van der Waals surface area contributed by atoms with E-state index in [9.17, 15) is 14.4 Å². The Hall–Kier alpha value is -3.00. The second kappa shape index (κ2) is 9.00. The summed E-state index contributed by atoms with van der Waals surface area (Å²) in [5.41, 5.74) is 1.10. The highest BCUT2D eigenvalue weighted by Crippen LogP contribution is 2.18. The van der Waals surface area contributed by atoms with Gasteiger partial charge in [0.2, 0.25) is 11.8 Å². The van der Waals surface area contributed by atoms with E-state index in [1.807, 2.05) is 44.2 Å². The van der Waals surface area contributed by atoms with Crippen molar-refractivity contribution in [1.29, 1.82) is 0 Å². The van der Waals surface area contributed by atoms with E-state index >= 15 is 0 Å². The molecule has 3 aromatic rings. The monoisotopic (exact) mass is 412 g/mol. The van der Waals surface area contributed by atoms with Gasteiger partial charge in [0.15, 0.2) is 0 Å². The van der Waals surface area contributed by atoms with Crippen LogP contribution in [-0.4, -0.2) is 33.7 Å². The first-order valence-electron chi connectivity index (χ1n) is 9.41. The van der Waals surface area contributed by atoms with E-state index in [4.69, 9.17) is 0 Å². The second-order valence-corrected chi connectivity index (χ2v) is 8.27. The molecule has 2 heterocycles. The van der Waals surface area contributed by atoms with Crippen LogP contribution in [0, 0.1) is 5.92 Å². The molecule has 1 unspecified atom stereocenters. The van der Waals surface area contributed by atoms with Crippen LogP contribution in [0.1, 0.15) is 37.7 Å². The normalized spacial score (nSPS) is 12.1. The Morgan fingerprint density at radius 3 is 2.62 bits per heavy atom. The molecule has 0 aliphatic heterocycles. The van der Waals surface area contributed by atoms with Crippen molar-refractivity contribution in [2.75, 3.05) is 7.05 Å². The largest absolute Gasteiger partial charge is 0.341 e. The van der Waals surface area contributed by atoms with E-state index in [0.717, 1.165) is 0 Å². The summed E-state index contributed by atoms with van der Waals surface area (Å²) in [5, 5.41) is 4.65. The number of carbonyl (C=O) groups excluding carboxylic acids is 2. The molecule has 1 atom stereocenters. The van der Waals surface area contributed by atoms with Crippen LogP contribution >= 0.6 is 11.3 Å². The molecule has 2 aromatic heterocycles. The first kappa shape index (κ1) is 20.7. The third-order valence-corrected chi connectivity index (χ3v) is 5.31. The van der Waals surface area contributed by atoms with Gasteiger partial charge in [-0.05, 0) is 22.9 Å². The number of fused-ring (bicyclic) bond motifs is 1. The van der Waals surface area contributed by atoms with Gasteiger partial charge in [-0.2, -0.15) is 0 Å². The van der Waals surface area contributed by atoms with Gasteiger partial charge in [-0.3, -0.25) is 14.4 Å². The minimum absolute atomic E-state index is 0.128. The first-order valence-corrected chi connectivity index (χ1v) is 10.3. The maximum atomic E-state index is 13.2. The van der Waals surface area contributed by atoms with Crippen molar-refractivity contribution in [2.45, 2.75) is 32.9 Å². The Morgan fingerprint density at radius 2 is 1.93 bits per heavy atom. The molecule has 7 nitrogen and oxygen atoms in total. The Labute approximate surface area is 172 Å². The van der Waals surface area contributed by atoms with Crippen LogP contribution in [-0.2, 0) is 16.1 Å². The van der Waals surface area contributed by atoms with Crippen LogP contribution in [0.3, 0.4) is 0 Å². The van der Waals surface area contributed by atoms with Gasteiger partial charge in [-0.15, -0.1) is 11.3 Å². The molecule has 2 N–H and O–H groups in total. The van der Waals surface area contributed by atoms with Gasteiger partial charge in [0, 0.05) is 13.5 Å². The van der Waals surface area contributed by atoms with Crippen LogP contribution in [0.15, 0.2) is 46.6 Å². The Balaban J connectivity index is 1.81. The van der Waals surface area contributed by atoms with Crippen molar-refractivity contribution in [3.8, 4) is 0 Å². The average Bonchev–Trinajstić information content (AvgIpc) is 3.15. The molecule has 0 saturated carbocycles.